The molecule has 0 bridgehead atoms. The molecule has 0 spiro atoms. The van der Waals surface area contributed by atoms with Gasteiger partial charge in [0.1, 0.15) is 11.8 Å². The van der Waals surface area contributed by atoms with Crippen LogP contribution in [0.2, 0.25) is 0 Å². The number of carbonyl (C=O) groups is 2. The molecule has 5 nitrogen and oxygen atoms in total. The number of carbonyl (C=O) groups excluding carboxylic acids is 2. The van der Waals surface area contributed by atoms with Crippen molar-refractivity contribution in [1.82, 2.24) is 5.32 Å². The molecule has 1 unspecified atom stereocenters. The van der Waals surface area contributed by atoms with Crippen LogP contribution < -0.4 is 5.32 Å². The second-order valence-electron chi connectivity index (χ2n) is 5.36. The molecular formula is C16H23NO4. The molecule has 0 saturated carbocycles. The molecule has 116 valence electrons. The van der Waals surface area contributed by atoms with Gasteiger partial charge in [-0.2, -0.15) is 0 Å². The predicted molar refractivity (Wildman–Crippen MR) is 79.8 cm³/mol. The van der Waals surface area contributed by atoms with Crippen molar-refractivity contribution in [2.75, 3.05) is 6.61 Å². The third kappa shape index (κ3) is 5.85. The number of benzene rings is 1. The zero-order valence-corrected chi connectivity index (χ0v) is 12.8. The maximum atomic E-state index is 11.9. The third-order valence-electron chi connectivity index (χ3n) is 2.93. The van der Waals surface area contributed by atoms with Crippen molar-refractivity contribution in [1.29, 1.82) is 0 Å². The molecule has 21 heavy (non-hydrogen) atoms. The lowest BCUT2D eigenvalue weighted by atomic mass is 10.1. The number of nitrogens with one attached hydrogen (secondary N) is 1. The molecule has 0 aliphatic rings. The number of hydrogen-bond acceptors (Lipinski definition) is 4. The van der Waals surface area contributed by atoms with E-state index < -0.39 is 12.0 Å². The molecule has 2 N–H and O–H groups in total. The average Bonchev–Trinajstić information content (AvgIpc) is 2.44. The van der Waals surface area contributed by atoms with E-state index in [0.29, 0.717) is 18.6 Å². The summed E-state index contributed by atoms with van der Waals surface area (Å²) in [5.41, 5.74) is 0.528. The highest BCUT2D eigenvalue weighted by Gasteiger charge is 2.21. The molecule has 0 radical (unpaired) electrons. The largest absolute Gasteiger partial charge is 0.508 e. The summed E-state index contributed by atoms with van der Waals surface area (Å²) in [6.45, 7) is 6.04. The quantitative estimate of drug-likeness (QED) is 0.754. The van der Waals surface area contributed by atoms with E-state index in [0.717, 1.165) is 0 Å². The van der Waals surface area contributed by atoms with Crippen molar-refractivity contribution in [3.63, 3.8) is 0 Å². The number of ether oxygens (including phenoxy) is 1. The van der Waals surface area contributed by atoms with Gasteiger partial charge in [0.05, 0.1) is 13.0 Å². The van der Waals surface area contributed by atoms with E-state index in [-0.39, 0.29) is 24.0 Å². The first-order chi connectivity index (χ1) is 9.93. The summed E-state index contributed by atoms with van der Waals surface area (Å²) < 4.78 is 5.13. The molecule has 0 saturated heterocycles. The lowest BCUT2D eigenvalue weighted by Crippen LogP contribution is -2.42. The Labute approximate surface area is 125 Å². The maximum absolute atomic E-state index is 11.9. The molecule has 0 aliphatic carbocycles. The Morgan fingerprint density at radius 1 is 1.29 bits per heavy atom. The van der Waals surface area contributed by atoms with Crippen LogP contribution in [-0.2, 0) is 20.7 Å². The van der Waals surface area contributed by atoms with Gasteiger partial charge in [-0.25, -0.2) is 4.79 Å². The smallest absolute Gasteiger partial charge is 0.328 e. The third-order valence-corrected chi connectivity index (χ3v) is 2.93. The van der Waals surface area contributed by atoms with Gasteiger partial charge in [-0.05, 0) is 18.4 Å². The van der Waals surface area contributed by atoms with Crippen LogP contribution in [0.15, 0.2) is 24.3 Å². The first kappa shape index (κ1) is 17.0. The SMILES string of the molecule is CCC(NC(=O)Cc1ccccc1O)C(=O)OCC(C)C. The van der Waals surface area contributed by atoms with Crippen LogP contribution in [0, 0.1) is 5.92 Å². The van der Waals surface area contributed by atoms with E-state index in [1.54, 1.807) is 18.2 Å². The van der Waals surface area contributed by atoms with E-state index in [1.807, 2.05) is 20.8 Å². The molecule has 1 atom stereocenters. The van der Waals surface area contributed by atoms with Crippen LogP contribution in [0.1, 0.15) is 32.8 Å². The summed E-state index contributed by atoms with van der Waals surface area (Å²) in [5, 5.41) is 12.3. The molecular weight excluding hydrogens is 270 g/mol. The Balaban J connectivity index is 2.55. The molecule has 1 amide bonds. The van der Waals surface area contributed by atoms with Crippen molar-refractivity contribution in [3.8, 4) is 5.75 Å². The van der Waals surface area contributed by atoms with Crippen molar-refractivity contribution >= 4 is 11.9 Å². The second-order valence-corrected chi connectivity index (χ2v) is 5.36. The lowest BCUT2D eigenvalue weighted by Gasteiger charge is -2.17. The summed E-state index contributed by atoms with van der Waals surface area (Å²) in [6.07, 6.45) is 0.490. The number of para-hydroxylation sites is 1. The highest BCUT2D eigenvalue weighted by Crippen LogP contribution is 2.16. The number of rotatable bonds is 7. The normalized spacial score (nSPS) is 12.0. The van der Waals surface area contributed by atoms with Crippen LogP contribution in [0.4, 0.5) is 0 Å². The highest BCUT2D eigenvalue weighted by atomic mass is 16.5. The van der Waals surface area contributed by atoms with E-state index in [1.165, 1.54) is 6.07 Å². The van der Waals surface area contributed by atoms with Crippen LogP contribution >= 0.6 is 0 Å². The fourth-order valence-corrected chi connectivity index (χ4v) is 1.76. The van der Waals surface area contributed by atoms with Crippen LogP contribution in [0.3, 0.4) is 0 Å². The van der Waals surface area contributed by atoms with Gasteiger partial charge in [-0.1, -0.05) is 39.0 Å². The van der Waals surface area contributed by atoms with E-state index in [2.05, 4.69) is 5.32 Å². The molecule has 0 aromatic heterocycles. The maximum Gasteiger partial charge on any atom is 0.328 e. The molecule has 0 aliphatic heterocycles. The Bertz CT molecular complexity index is 485. The van der Waals surface area contributed by atoms with Crippen molar-refractivity contribution in [2.45, 2.75) is 39.7 Å². The predicted octanol–water partition coefficient (Wildman–Crippen LogP) is 2.03. The van der Waals surface area contributed by atoms with Crippen molar-refractivity contribution in [3.05, 3.63) is 29.8 Å². The second kappa shape index (κ2) is 8.29. The molecule has 1 aromatic carbocycles. The summed E-state index contributed by atoms with van der Waals surface area (Å²) in [7, 11) is 0. The first-order valence-corrected chi connectivity index (χ1v) is 7.16. The van der Waals surface area contributed by atoms with E-state index >= 15 is 0 Å². The Morgan fingerprint density at radius 3 is 2.52 bits per heavy atom. The topological polar surface area (TPSA) is 75.6 Å². The van der Waals surface area contributed by atoms with Crippen LogP contribution in [-0.4, -0.2) is 29.6 Å². The van der Waals surface area contributed by atoms with Crippen LogP contribution in [0.25, 0.3) is 0 Å². The Morgan fingerprint density at radius 2 is 1.95 bits per heavy atom. The fourth-order valence-electron chi connectivity index (χ4n) is 1.76. The molecule has 0 heterocycles. The Kier molecular flexibility index (Phi) is 6.72. The van der Waals surface area contributed by atoms with Crippen molar-refractivity contribution in [2.24, 2.45) is 5.92 Å². The monoisotopic (exact) mass is 293 g/mol. The molecule has 5 heteroatoms. The fraction of sp³-hybridized carbons (Fsp3) is 0.500. The number of aromatic hydroxyl groups is 1. The minimum Gasteiger partial charge on any atom is -0.508 e. The van der Waals surface area contributed by atoms with Gasteiger partial charge in [0.2, 0.25) is 5.91 Å². The lowest BCUT2D eigenvalue weighted by molar-refractivity contribution is -0.149. The minimum atomic E-state index is -0.651. The van der Waals surface area contributed by atoms with Gasteiger partial charge >= 0.3 is 5.97 Å². The van der Waals surface area contributed by atoms with Gasteiger partial charge in [-0.15, -0.1) is 0 Å². The zero-order chi connectivity index (χ0) is 15.8. The van der Waals surface area contributed by atoms with E-state index in [4.69, 9.17) is 4.74 Å². The van der Waals surface area contributed by atoms with Gasteiger partial charge < -0.3 is 15.2 Å². The number of phenolic OH excluding ortho intramolecular Hbond substituents is 1. The summed E-state index contributed by atoms with van der Waals surface area (Å²) >= 11 is 0. The minimum absolute atomic E-state index is 0.0284. The average molecular weight is 293 g/mol. The van der Waals surface area contributed by atoms with E-state index in [9.17, 15) is 14.7 Å². The first-order valence-electron chi connectivity index (χ1n) is 7.16. The van der Waals surface area contributed by atoms with Crippen molar-refractivity contribution < 1.29 is 19.4 Å². The number of esters is 1. The standard InChI is InChI=1S/C16H23NO4/c1-4-13(16(20)21-10-11(2)3)17-15(19)9-12-7-5-6-8-14(12)18/h5-8,11,13,18H,4,9-10H2,1-3H3,(H,17,19). The summed E-state index contributed by atoms with van der Waals surface area (Å²) in [5.74, 6) is -0.409. The van der Waals surface area contributed by atoms with Gasteiger partial charge in [0, 0.05) is 5.56 Å². The van der Waals surface area contributed by atoms with Gasteiger partial charge in [-0.3, -0.25) is 4.79 Å². The van der Waals surface area contributed by atoms with Crippen LogP contribution in [0.5, 0.6) is 5.75 Å². The number of hydrogen-bond donors (Lipinski definition) is 2. The molecule has 1 rings (SSSR count). The number of amides is 1. The number of phenols is 1. The molecule has 0 fully saturated rings. The van der Waals surface area contributed by atoms with Gasteiger partial charge in [0.15, 0.2) is 0 Å². The summed E-state index contributed by atoms with van der Waals surface area (Å²) in [4.78, 5) is 23.8. The summed E-state index contributed by atoms with van der Waals surface area (Å²) in [6, 6.07) is 5.98. The highest BCUT2D eigenvalue weighted by molar-refractivity contribution is 5.85. The zero-order valence-electron chi connectivity index (χ0n) is 12.8. The van der Waals surface area contributed by atoms with Gasteiger partial charge in [0.25, 0.3) is 0 Å². The Hall–Kier alpha value is -2.04. The molecule has 1 aromatic rings.